The van der Waals surface area contributed by atoms with E-state index in [2.05, 4.69) is 5.32 Å². The van der Waals surface area contributed by atoms with Crippen molar-refractivity contribution in [3.8, 4) is 0 Å². The van der Waals surface area contributed by atoms with Crippen LogP contribution in [-0.4, -0.2) is 54.2 Å². The molecule has 2 aliphatic rings. The quantitative estimate of drug-likeness (QED) is 0.607. The zero-order valence-corrected chi connectivity index (χ0v) is 14.5. The van der Waals surface area contributed by atoms with Gasteiger partial charge in [0.1, 0.15) is 23.5 Å². The van der Waals surface area contributed by atoms with Crippen molar-refractivity contribution < 1.29 is 23.7 Å². The number of β-lactam (4-membered cyclic amide) rings is 1. The number of aliphatic carboxylic acids is 1. The molecule has 2 fully saturated rings. The first-order chi connectivity index (χ1) is 11.7. The highest BCUT2D eigenvalue weighted by Crippen LogP contribution is 2.43. The van der Waals surface area contributed by atoms with Crippen molar-refractivity contribution in [3.05, 3.63) is 35.9 Å². The lowest BCUT2D eigenvalue weighted by molar-refractivity contribution is -0.161. The van der Waals surface area contributed by atoms with Crippen LogP contribution in [0.4, 0.5) is 0 Å². The molecule has 134 valence electrons. The number of carbonyl (C=O) groups is 3. The highest BCUT2D eigenvalue weighted by molar-refractivity contribution is 7.87. The minimum Gasteiger partial charge on any atom is -0.480 e. The third kappa shape index (κ3) is 2.54. The van der Waals surface area contributed by atoms with Gasteiger partial charge in [-0.05, 0) is 19.4 Å². The topological polar surface area (TPSA) is 130 Å². The second-order valence-corrected chi connectivity index (χ2v) is 8.78. The Balaban J connectivity index is 1.78. The molecule has 2 aliphatic heterocycles. The Morgan fingerprint density at radius 2 is 1.92 bits per heavy atom. The first-order valence-electron chi connectivity index (χ1n) is 7.74. The second kappa shape index (κ2) is 5.92. The molecule has 5 atom stereocenters. The first-order valence-corrected chi connectivity index (χ1v) is 8.95. The molecule has 9 heteroatoms. The van der Waals surface area contributed by atoms with Gasteiger partial charge in [-0.15, -0.1) is 0 Å². The predicted octanol–water partition coefficient (Wildman–Crippen LogP) is -0.666. The highest BCUT2D eigenvalue weighted by atomic mass is 32.2. The van der Waals surface area contributed by atoms with Crippen LogP contribution in [0.3, 0.4) is 0 Å². The minimum absolute atomic E-state index is 0.551. The highest BCUT2D eigenvalue weighted by Gasteiger charge is 2.68. The number of carboxylic acid groups (broad SMARTS) is 1. The summed E-state index contributed by atoms with van der Waals surface area (Å²) in [5.74, 6) is -2.33. The third-order valence-corrected chi connectivity index (χ3v) is 6.93. The normalized spacial score (nSPS) is 31.0. The molecule has 2 amide bonds. The molecular formula is C16H19N3O5S. The van der Waals surface area contributed by atoms with Crippen molar-refractivity contribution >= 4 is 28.6 Å². The Kier molecular flexibility index (Phi) is 4.16. The number of amides is 2. The molecule has 2 heterocycles. The number of hydrogen-bond acceptors (Lipinski definition) is 5. The Labute approximate surface area is 146 Å². The largest absolute Gasteiger partial charge is 0.480 e. The van der Waals surface area contributed by atoms with Gasteiger partial charge in [-0.2, -0.15) is 0 Å². The zero-order valence-electron chi connectivity index (χ0n) is 13.7. The molecule has 0 unspecified atom stereocenters. The molecule has 0 aliphatic carbocycles. The van der Waals surface area contributed by atoms with Gasteiger partial charge in [0.05, 0.1) is 15.5 Å². The van der Waals surface area contributed by atoms with Crippen LogP contribution in [0, 0.1) is 0 Å². The molecule has 1 aromatic rings. The molecule has 1 aromatic carbocycles. The number of carboxylic acids is 1. The predicted molar refractivity (Wildman–Crippen MR) is 89.6 cm³/mol. The Bertz CT molecular complexity index is 766. The number of nitrogens with two attached hydrogens (primary N) is 1. The van der Waals surface area contributed by atoms with Crippen molar-refractivity contribution in [2.24, 2.45) is 5.73 Å². The number of fused-ring (bicyclic) bond motifs is 1. The number of rotatable bonds is 4. The number of hydrogen-bond donors (Lipinski definition) is 3. The summed E-state index contributed by atoms with van der Waals surface area (Å²) >= 11 is 0. The zero-order chi connectivity index (χ0) is 18.5. The maximum Gasteiger partial charge on any atom is 0.328 e. The third-order valence-electron chi connectivity index (χ3n) is 4.73. The van der Waals surface area contributed by atoms with Crippen LogP contribution in [0.15, 0.2) is 30.3 Å². The van der Waals surface area contributed by atoms with Crippen LogP contribution in [0.2, 0.25) is 0 Å². The van der Waals surface area contributed by atoms with Crippen LogP contribution in [0.25, 0.3) is 0 Å². The number of carbonyl (C=O) groups excluding carboxylic acids is 2. The van der Waals surface area contributed by atoms with Crippen molar-refractivity contribution in [2.45, 2.75) is 42.1 Å². The minimum atomic E-state index is -1.63. The number of benzene rings is 1. The average molecular weight is 365 g/mol. The van der Waals surface area contributed by atoms with Crippen LogP contribution in [-0.2, 0) is 25.2 Å². The van der Waals surface area contributed by atoms with Gasteiger partial charge in [-0.1, -0.05) is 30.3 Å². The SMILES string of the molecule is CC1(C)[C@H](C(=O)O)N2C(=O)[C@H](NC(=O)[C@H](N)c3ccccc3)[C@@H]2[S@@]1=O. The summed E-state index contributed by atoms with van der Waals surface area (Å²) in [7, 11) is -1.63. The van der Waals surface area contributed by atoms with E-state index in [0.29, 0.717) is 5.56 Å². The molecule has 25 heavy (non-hydrogen) atoms. The lowest BCUT2D eigenvalue weighted by Gasteiger charge is -2.43. The van der Waals surface area contributed by atoms with Gasteiger partial charge in [0, 0.05) is 0 Å². The van der Waals surface area contributed by atoms with Crippen LogP contribution in [0.1, 0.15) is 25.5 Å². The first kappa shape index (κ1) is 17.6. The molecule has 0 radical (unpaired) electrons. The molecule has 4 N–H and O–H groups in total. The molecule has 2 saturated heterocycles. The summed E-state index contributed by atoms with van der Waals surface area (Å²) in [6.07, 6.45) is 0. The van der Waals surface area contributed by atoms with Gasteiger partial charge in [-0.25, -0.2) is 4.79 Å². The van der Waals surface area contributed by atoms with E-state index in [4.69, 9.17) is 5.73 Å². The van der Waals surface area contributed by atoms with Gasteiger partial charge in [0.25, 0.3) is 0 Å². The molecule has 8 nitrogen and oxygen atoms in total. The number of nitrogens with one attached hydrogen (secondary N) is 1. The summed E-state index contributed by atoms with van der Waals surface area (Å²) in [5.41, 5.74) is 6.49. The van der Waals surface area contributed by atoms with E-state index in [9.17, 15) is 23.7 Å². The number of nitrogens with zero attached hydrogens (tertiary/aromatic N) is 1. The van der Waals surface area contributed by atoms with Gasteiger partial charge in [0.15, 0.2) is 0 Å². The summed E-state index contributed by atoms with van der Waals surface area (Å²) in [6.45, 7) is 3.09. The molecule has 0 bridgehead atoms. The standard InChI is InChI=1S/C16H19N3O5S/c1-16(2)11(15(22)23)19-13(21)10(14(19)25(16)24)18-12(20)9(17)8-6-4-3-5-7-8/h3-7,9-11,14H,17H2,1-2H3,(H,18,20)(H,22,23)/t9-,10+,11+,14+,25+/m1/s1. The Morgan fingerprint density at radius 1 is 1.32 bits per heavy atom. The van der Waals surface area contributed by atoms with E-state index in [1.54, 1.807) is 44.2 Å². The summed E-state index contributed by atoms with van der Waals surface area (Å²) < 4.78 is 11.5. The maximum absolute atomic E-state index is 12.7. The summed E-state index contributed by atoms with van der Waals surface area (Å²) in [6, 6.07) is 5.48. The fourth-order valence-corrected chi connectivity index (χ4v) is 5.27. The van der Waals surface area contributed by atoms with Crippen molar-refractivity contribution in [2.75, 3.05) is 0 Å². The lowest BCUT2D eigenvalue weighted by Crippen LogP contribution is -2.72. The van der Waals surface area contributed by atoms with Crippen LogP contribution >= 0.6 is 0 Å². The average Bonchev–Trinajstić information content (AvgIpc) is 2.77. The van der Waals surface area contributed by atoms with Gasteiger partial charge >= 0.3 is 5.97 Å². The van der Waals surface area contributed by atoms with Gasteiger partial charge < -0.3 is 21.1 Å². The summed E-state index contributed by atoms with van der Waals surface area (Å²) in [5, 5.41) is 11.0. The Morgan fingerprint density at radius 3 is 2.48 bits per heavy atom. The smallest absolute Gasteiger partial charge is 0.328 e. The fraction of sp³-hybridized carbons (Fsp3) is 0.438. The maximum atomic E-state index is 12.7. The molecule has 0 saturated carbocycles. The summed E-state index contributed by atoms with van der Waals surface area (Å²) in [4.78, 5) is 37.3. The van der Waals surface area contributed by atoms with E-state index in [-0.39, 0.29) is 0 Å². The monoisotopic (exact) mass is 365 g/mol. The van der Waals surface area contributed by atoms with Crippen LogP contribution < -0.4 is 11.1 Å². The molecule has 0 aromatic heterocycles. The van der Waals surface area contributed by atoms with Crippen LogP contribution in [0.5, 0.6) is 0 Å². The molecule has 0 spiro atoms. The lowest BCUT2D eigenvalue weighted by atomic mass is 9.95. The van der Waals surface area contributed by atoms with Crippen molar-refractivity contribution in [1.82, 2.24) is 10.2 Å². The fourth-order valence-electron chi connectivity index (χ4n) is 3.35. The second-order valence-electron chi connectivity index (χ2n) is 6.65. The molecule has 3 rings (SSSR count). The molecular weight excluding hydrogens is 346 g/mol. The van der Waals surface area contributed by atoms with Crippen molar-refractivity contribution in [1.29, 1.82) is 0 Å². The van der Waals surface area contributed by atoms with E-state index < -0.39 is 56.8 Å². The van der Waals surface area contributed by atoms with E-state index in [0.717, 1.165) is 4.90 Å². The van der Waals surface area contributed by atoms with Gasteiger partial charge in [0.2, 0.25) is 11.8 Å². The van der Waals surface area contributed by atoms with Crippen molar-refractivity contribution in [3.63, 3.8) is 0 Å². The Hall–Kier alpha value is -2.26. The van der Waals surface area contributed by atoms with E-state index in [1.807, 2.05) is 0 Å². The van der Waals surface area contributed by atoms with E-state index >= 15 is 0 Å². The van der Waals surface area contributed by atoms with Gasteiger partial charge in [-0.3, -0.25) is 13.8 Å². The van der Waals surface area contributed by atoms with E-state index in [1.165, 1.54) is 0 Å².